The molecular formula is C11H16BrNO3S. The molecule has 0 saturated heterocycles. The van der Waals surface area contributed by atoms with Gasteiger partial charge in [0.25, 0.3) is 0 Å². The summed E-state index contributed by atoms with van der Waals surface area (Å²) >= 11 is 4.68. The Morgan fingerprint density at radius 2 is 1.82 bits per heavy atom. The van der Waals surface area contributed by atoms with Crippen molar-refractivity contribution in [1.29, 1.82) is 0 Å². The SMILES string of the molecule is Cc1cc(SNC(CO)(CO)CO)ccc1Br. The average molecular weight is 322 g/mol. The smallest absolute Gasteiger partial charge is 0.0975 e. The molecule has 0 aromatic heterocycles. The molecule has 0 aliphatic carbocycles. The van der Waals surface area contributed by atoms with Crippen molar-refractivity contribution in [2.24, 2.45) is 0 Å². The predicted octanol–water partition coefficient (Wildman–Crippen LogP) is 1.07. The largest absolute Gasteiger partial charge is 0.394 e. The molecule has 0 fully saturated rings. The van der Waals surface area contributed by atoms with Crippen molar-refractivity contribution in [3.63, 3.8) is 0 Å². The van der Waals surface area contributed by atoms with Gasteiger partial charge in [-0.15, -0.1) is 0 Å². The molecule has 0 atom stereocenters. The van der Waals surface area contributed by atoms with Crippen LogP contribution in [0.25, 0.3) is 0 Å². The van der Waals surface area contributed by atoms with E-state index < -0.39 is 5.54 Å². The quantitative estimate of drug-likeness (QED) is 0.590. The first kappa shape index (κ1) is 14.9. The Bertz CT molecular complexity index is 363. The summed E-state index contributed by atoms with van der Waals surface area (Å²) in [6.45, 7) is 0.985. The van der Waals surface area contributed by atoms with Gasteiger partial charge in [0.15, 0.2) is 0 Å². The number of aryl methyl sites for hydroxylation is 1. The van der Waals surface area contributed by atoms with Crippen LogP contribution in [0.1, 0.15) is 5.56 Å². The van der Waals surface area contributed by atoms with Gasteiger partial charge in [-0.25, -0.2) is 4.72 Å². The third-order valence-corrected chi connectivity index (χ3v) is 4.34. The highest BCUT2D eigenvalue weighted by molar-refractivity contribution is 9.10. The van der Waals surface area contributed by atoms with Crippen molar-refractivity contribution >= 4 is 27.9 Å². The zero-order valence-electron chi connectivity index (χ0n) is 9.48. The van der Waals surface area contributed by atoms with Crippen LogP contribution in [0, 0.1) is 6.92 Å². The second-order valence-electron chi connectivity index (χ2n) is 3.87. The molecule has 0 radical (unpaired) electrons. The maximum absolute atomic E-state index is 9.15. The Hall–Kier alpha value is -0.110. The van der Waals surface area contributed by atoms with Crippen LogP contribution in [0.5, 0.6) is 0 Å². The van der Waals surface area contributed by atoms with E-state index in [2.05, 4.69) is 20.7 Å². The lowest BCUT2D eigenvalue weighted by molar-refractivity contribution is 0.0602. The lowest BCUT2D eigenvalue weighted by atomic mass is 10.1. The predicted molar refractivity (Wildman–Crippen MR) is 71.9 cm³/mol. The minimum absolute atomic E-state index is 0.331. The zero-order valence-corrected chi connectivity index (χ0v) is 11.9. The van der Waals surface area contributed by atoms with Crippen LogP contribution in [-0.4, -0.2) is 40.7 Å². The molecule has 4 nitrogen and oxygen atoms in total. The minimum atomic E-state index is -1.06. The highest BCUT2D eigenvalue weighted by Crippen LogP contribution is 2.24. The molecule has 1 aromatic carbocycles. The number of halogens is 1. The van der Waals surface area contributed by atoms with E-state index in [9.17, 15) is 0 Å². The van der Waals surface area contributed by atoms with Gasteiger partial charge in [-0.2, -0.15) is 0 Å². The summed E-state index contributed by atoms with van der Waals surface area (Å²) in [5.74, 6) is 0. The highest BCUT2D eigenvalue weighted by Gasteiger charge is 2.27. The number of benzene rings is 1. The van der Waals surface area contributed by atoms with E-state index in [0.29, 0.717) is 0 Å². The second-order valence-corrected chi connectivity index (χ2v) is 5.60. The normalized spacial score (nSPS) is 11.8. The van der Waals surface area contributed by atoms with Crippen LogP contribution in [0.15, 0.2) is 27.6 Å². The van der Waals surface area contributed by atoms with E-state index in [-0.39, 0.29) is 19.8 Å². The molecule has 96 valence electrons. The summed E-state index contributed by atoms with van der Waals surface area (Å²) in [5, 5.41) is 27.4. The van der Waals surface area contributed by atoms with Crippen LogP contribution >= 0.6 is 27.9 Å². The van der Waals surface area contributed by atoms with Crippen LogP contribution in [0.2, 0.25) is 0 Å². The van der Waals surface area contributed by atoms with Crippen LogP contribution < -0.4 is 4.72 Å². The fourth-order valence-electron chi connectivity index (χ4n) is 1.09. The van der Waals surface area contributed by atoms with Crippen LogP contribution in [0.4, 0.5) is 0 Å². The van der Waals surface area contributed by atoms with Gasteiger partial charge in [-0.3, -0.25) is 0 Å². The van der Waals surface area contributed by atoms with Crippen molar-refractivity contribution in [2.45, 2.75) is 17.4 Å². The number of nitrogens with one attached hydrogen (secondary N) is 1. The monoisotopic (exact) mass is 321 g/mol. The number of aliphatic hydroxyl groups is 3. The Kier molecular flexibility index (Phi) is 5.91. The van der Waals surface area contributed by atoms with Crippen molar-refractivity contribution in [1.82, 2.24) is 4.72 Å². The number of rotatable bonds is 6. The Morgan fingerprint density at radius 3 is 2.29 bits per heavy atom. The van der Waals surface area contributed by atoms with Gasteiger partial charge in [0.1, 0.15) is 0 Å². The van der Waals surface area contributed by atoms with E-state index in [0.717, 1.165) is 14.9 Å². The molecule has 0 spiro atoms. The van der Waals surface area contributed by atoms with Gasteiger partial charge in [0, 0.05) is 9.37 Å². The number of hydrogen-bond donors (Lipinski definition) is 4. The fourth-order valence-corrected chi connectivity index (χ4v) is 2.24. The summed E-state index contributed by atoms with van der Waals surface area (Å²) < 4.78 is 3.92. The molecule has 4 N–H and O–H groups in total. The molecule has 1 rings (SSSR count). The van der Waals surface area contributed by atoms with Crippen LogP contribution in [-0.2, 0) is 0 Å². The molecule has 0 saturated carbocycles. The molecule has 17 heavy (non-hydrogen) atoms. The average Bonchev–Trinajstić information content (AvgIpc) is 2.36. The number of hydrogen-bond acceptors (Lipinski definition) is 5. The molecule has 1 aromatic rings. The maximum atomic E-state index is 9.15. The van der Waals surface area contributed by atoms with E-state index >= 15 is 0 Å². The molecule has 0 aliphatic heterocycles. The van der Waals surface area contributed by atoms with Gasteiger partial charge < -0.3 is 15.3 Å². The minimum Gasteiger partial charge on any atom is -0.394 e. The first-order valence-electron chi connectivity index (χ1n) is 5.09. The summed E-state index contributed by atoms with van der Waals surface area (Å²) in [4.78, 5) is 0.949. The number of aliphatic hydroxyl groups excluding tert-OH is 3. The van der Waals surface area contributed by atoms with Crippen molar-refractivity contribution < 1.29 is 15.3 Å². The van der Waals surface area contributed by atoms with Gasteiger partial charge in [-0.1, -0.05) is 15.9 Å². The van der Waals surface area contributed by atoms with Crippen molar-refractivity contribution in [3.8, 4) is 0 Å². The van der Waals surface area contributed by atoms with Gasteiger partial charge in [0.05, 0.1) is 25.4 Å². The fraction of sp³-hybridized carbons (Fsp3) is 0.455. The van der Waals surface area contributed by atoms with Gasteiger partial charge in [-0.05, 0) is 42.6 Å². The van der Waals surface area contributed by atoms with Gasteiger partial charge in [0.2, 0.25) is 0 Å². The summed E-state index contributed by atoms with van der Waals surface area (Å²) in [6, 6.07) is 5.81. The van der Waals surface area contributed by atoms with Crippen LogP contribution in [0.3, 0.4) is 0 Å². The maximum Gasteiger partial charge on any atom is 0.0975 e. The van der Waals surface area contributed by atoms with Crippen molar-refractivity contribution in [3.05, 3.63) is 28.2 Å². The second kappa shape index (κ2) is 6.72. The van der Waals surface area contributed by atoms with E-state index in [1.807, 2.05) is 25.1 Å². The van der Waals surface area contributed by atoms with E-state index in [1.54, 1.807) is 0 Å². The summed E-state index contributed by atoms with van der Waals surface area (Å²) in [7, 11) is 0. The molecule has 0 heterocycles. The third kappa shape index (κ3) is 3.94. The molecule has 0 aliphatic rings. The van der Waals surface area contributed by atoms with E-state index in [4.69, 9.17) is 15.3 Å². The van der Waals surface area contributed by atoms with E-state index in [1.165, 1.54) is 11.9 Å². The Morgan fingerprint density at radius 1 is 1.24 bits per heavy atom. The third-order valence-electron chi connectivity index (χ3n) is 2.42. The Balaban J connectivity index is 2.68. The summed E-state index contributed by atoms with van der Waals surface area (Å²) in [5.41, 5.74) is 0.0328. The highest BCUT2D eigenvalue weighted by atomic mass is 79.9. The molecule has 0 amide bonds. The topological polar surface area (TPSA) is 72.7 Å². The van der Waals surface area contributed by atoms with Crippen molar-refractivity contribution in [2.75, 3.05) is 19.8 Å². The first-order valence-corrected chi connectivity index (χ1v) is 6.70. The molecule has 0 bridgehead atoms. The lowest BCUT2D eigenvalue weighted by Gasteiger charge is -2.27. The standard InChI is InChI=1S/C11H16BrNO3S/c1-8-4-9(2-3-10(8)12)17-13-11(5-14,6-15)7-16/h2-4,13-16H,5-7H2,1H3. The molecular weight excluding hydrogens is 306 g/mol. The lowest BCUT2D eigenvalue weighted by Crippen LogP contribution is -2.51. The first-order chi connectivity index (χ1) is 8.06. The molecule has 6 heteroatoms. The van der Waals surface area contributed by atoms with Gasteiger partial charge >= 0.3 is 0 Å². The Labute approximate surface area is 113 Å². The zero-order chi connectivity index (χ0) is 12.9. The molecule has 0 unspecified atom stereocenters. The summed E-state index contributed by atoms with van der Waals surface area (Å²) in [6.07, 6.45) is 0.